The number of carbonyl (C=O) groups excluding carboxylic acids is 1. The Hall–Kier alpha value is -1.75. The number of rotatable bonds is 4. The third kappa shape index (κ3) is 3.67. The van der Waals surface area contributed by atoms with Gasteiger partial charge in [-0.3, -0.25) is 4.79 Å². The molecule has 0 aliphatic heterocycles. The maximum atomic E-state index is 12.6. The Bertz CT molecular complexity index is 649. The first-order valence-electron chi connectivity index (χ1n) is 6.85. The lowest BCUT2D eigenvalue weighted by molar-refractivity contribution is 0.0772. The Labute approximate surface area is 133 Å². The number of benzene rings is 1. The van der Waals surface area contributed by atoms with Crippen LogP contribution in [0, 0.1) is 0 Å². The van der Waals surface area contributed by atoms with Crippen LogP contribution in [0.4, 0.5) is 5.69 Å². The van der Waals surface area contributed by atoms with Crippen molar-refractivity contribution in [2.45, 2.75) is 26.4 Å². The molecule has 1 heterocycles. The number of nitrogens with zero attached hydrogens (tertiary/aromatic N) is 2. The number of hydrogen-bond donors (Lipinski definition) is 1. The fourth-order valence-electron chi connectivity index (χ4n) is 2.28. The van der Waals surface area contributed by atoms with E-state index >= 15 is 0 Å². The van der Waals surface area contributed by atoms with E-state index in [9.17, 15) is 4.79 Å². The number of nitrogen functional groups attached to an aromatic ring is 1. The molecule has 0 aliphatic rings. The van der Waals surface area contributed by atoms with E-state index in [0.717, 1.165) is 10.0 Å². The molecule has 0 spiro atoms. The quantitative estimate of drug-likeness (QED) is 0.914. The Morgan fingerprint density at radius 3 is 2.71 bits per heavy atom. The fraction of sp³-hybridized carbons (Fsp3) is 0.312. The summed E-state index contributed by atoms with van der Waals surface area (Å²) in [4.78, 5) is 14.3. The van der Waals surface area contributed by atoms with Crippen LogP contribution in [0.2, 0.25) is 0 Å². The second kappa shape index (κ2) is 6.35. The number of nitrogens with two attached hydrogens (primary N) is 1. The van der Waals surface area contributed by atoms with Crippen LogP contribution in [-0.4, -0.2) is 22.4 Å². The van der Waals surface area contributed by atoms with E-state index in [2.05, 4.69) is 15.9 Å². The first-order valence-corrected chi connectivity index (χ1v) is 7.65. The maximum absolute atomic E-state index is 12.6. The van der Waals surface area contributed by atoms with Crippen LogP contribution in [0.1, 0.15) is 35.9 Å². The maximum Gasteiger partial charge on any atom is 0.270 e. The third-order valence-electron chi connectivity index (χ3n) is 3.30. The Morgan fingerprint density at radius 1 is 1.38 bits per heavy atom. The summed E-state index contributed by atoms with van der Waals surface area (Å²) in [5.41, 5.74) is 8.15. The summed E-state index contributed by atoms with van der Waals surface area (Å²) < 4.78 is 2.92. The van der Waals surface area contributed by atoms with E-state index in [0.29, 0.717) is 17.9 Å². The zero-order chi connectivity index (χ0) is 15.6. The topological polar surface area (TPSA) is 51.3 Å². The zero-order valence-corrected chi connectivity index (χ0v) is 14.1. The Morgan fingerprint density at radius 2 is 2.10 bits per heavy atom. The molecule has 2 aromatic rings. The lowest BCUT2D eigenvalue weighted by atomic mass is 10.2. The molecule has 0 atom stereocenters. The monoisotopic (exact) mass is 349 g/mol. The normalized spacial score (nSPS) is 10.9. The van der Waals surface area contributed by atoms with Crippen LogP contribution in [-0.2, 0) is 6.54 Å². The number of hydrogen-bond acceptors (Lipinski definition) is 2. The standard InChI is InChI=1S/C16H20BrN3O/c1-11(2)20-10-14(18)8-15(20)16(21)19(3)9-12-5-4-6-13(17)7-12/h4-8,10-11H,9,18H2,1-3H3. The lowest BCUT2D eigenvalue weighted by Crippen LogP contribution is -2.28. The molecule has 5 heteroatoms. The molecule has 0 aliphatic carbocycles. The number of halogens is 1. The van der Waals surface area contributed by atoms with Crippen molar-refractivity contribution in [1.29, 1.82) is 0 Å². The molecule has 0 saturated carbocycles. The molecule has 0 saturated heterocycles. The van der Waals surface area contributed by atoms with Gasteiger partial charge in [0, 0.05) is 30.3 Å². The average Bonchev–Trinajstić information content (AvgIpc) is 2.80. The van der Waals surface area contributed by atoms with Gasteiger partial charge < -0.3 is 15.2 Å². The molecule has 4 nitrogen and oxygen atoms in total. The highest BCUT2D eigenvalue weighted by molar-refractivity contribution is 9.10. The van der Waals surface area contributed by atoms with Crippen molar-refractivity contribution in [3.8, 4) is 0 Å². The van der Waals surface area contributed by atoms with Gasteiger partial charge in [0.2, 0.25) is 0 Å². The summed E-state index contributed by atoms with van der Waals surface area (Å²) in [6.45, 7) is 4.62. The molecule has 2 rings (SSSR count). The lowest BCUT2D eigenvalue weighted by Gasteiger charge is -2.20. The van der Waals surface area contributed by atoms with Crippen LogP contribution < -0.4 is 5.73 Å². The molecular weight excluding hydrogens is 330 g/mol. The van der Waals surface area contributed by atoms with Crippen molar-refractivity contribution in [3.05, 3.63) is 52.3 Å². The Balaban J connectivity index is 2.20. The van der Waals surface area contributed by atoms with E-state index < -0.39 is 0 Å². The highest BCUT2D eigenvalue weighted by atomic mass is 79.9. The summed E-state index contributed by atoms with van der Waals surface area (Å²) in [5, 5.41) is 0. The van der Waals surface area contributed by atoms with Gasteiger partial charge in [-0.2, -0.15) is 0 Å². The van der Waals surface area contributed by atoms with Crippen molar-refractivity contribution < 1.29 is 4.79 Å². The highest BCUT2D eigenvalue weighted by Gasteiger charge is 2.18. The minimum atomic E-state index is -0.0274. The van der Waals surface area contributed by atoms with Crippen LogP contribution >= 0.6 is 15.9 Å². The first-order chi connectivity index (χ1) is 9.88. The SMILES string of the molecule is CC(C)n1cc(N)cc1C(=O)N(C)Cc1cccc(Br)c1. The predicted molar refractivity (Wildman–Crippen MR) is 89.2 cm³/mol. The van der Waals surface area contributed by atoms with Crippen molar-refractivity contribution in [3.63, 3.8) is 0 Å². The van der Waals surface area contributed by atoms with Crippen LogP contribution in [0.15, 0.2) is 41.0 Å². The smallest absolute Gasteiger partial charge is 0.270 e. The minimum Gasteiger partial charge on any atom is -0.397 e. The van der Waals surface area contributed by atoms with Crippen LogP contribution in [0.25, 0.3) is 0 Å². The highest BCUT2D eigenvalue weighted by Crippen LogP contribution is 2.19. The Kier molecular flexibility index (Phi) is 4.73. The van der Waals surface area contributed by atoms with Crippen molar-refractivity contribution in [2.24, 2.45) is 0 Å². The van der Waals surface area contributed by atoms with Gasteiger partial charge in [0.1, 0.15) is 5.69 Å². The van der Waals surface area contributed by atoms with E-state index in [1.807, 2.05) is 48.9 Å². The molecule has 21 heavy (non-hydrogen) atoms. The number of carbonyl (C=O) groups is 1. The van der Waals surface area contributed by atoms with E-state index in [-0.39, 0.29) is 11.9 Å². The molecule has 0 fully saturated rings. The molecule has 0 unspecified atom stereocenters. The molecule has 0 bridgehead atoms. The van der Waals surface area contributed by atoms with Crippen LogP contribution in [0.5, 0.6) is 0 Å². The number of aromatic nitrogens is 1. The summed E-state index contributed by atoms with van der Waals surface area (Å²) in [6, 6.07) is 9.88. The fourth-order valence-corrected chi connectivity index (χ4v) is 2.72. The molecular formula is C16H20BrN3O. The molecule has 1 aromatic heterocycles. The van der Waals surface area contributed by atoms with Gasteiger partial charge in [-0.1, -0.05) is 28.1 Å². The van der Waals surface area contributed by atoms with Gasteiger partial charge in [0.25, 0.3) is 5.91 Å². The van der Waals surface area contributed by atoms with Crippen molar-refractivity contribution in [1.82, 2.24) is 9.47 Å². The average molecular weight is 350 g/mol. The molecule has 112 valence electrons. The number of anilines is 1. The molecule has 2 N–H and O–H groups in total. The predicted octanol–water partition coefficient (Wildman–Crippen LogP) is 3.69. The van der Waals surface area contributed by atoms with E-state index in [1.54, 1.807) is 18.0 Å². The van der Waals surface area contributed by atoms with Gasteiger partial charge in [0.15, 0.2) is 0 Å². The van der Waals surface area contributed by atoms with Crippen molar-refractivity contribution >= 4 is 27.5 Å². The minimum absolute atomic E-state index is 0.0274. The van der Waals surface area contributed by atoms with Gasteiger partial charge in [-0.25, -0.2) is 0 Å². The summed E-state index contributed by atoms with van der Waals surface area (Å²) in [5.74, 6) is -0.0274. The zero-order valence-electron chi connectivity index (χ0n) is 12.5. The van der Waals surface area contributed by atoms with Gasteiger partial charge in [-0.05, 0) is 37.6 Å². The first kappa shape index (κ1) is 15.6. The second-order valence-corrected chi connectivity index (χ2v) is 6.37. The van der Waals surface area contributed by atoms with Gasteiger partial charge in [-0.15, -0.1) is 0 Å². The van der Waals surface area contributed by atoms with Crippen LogP contribution in [0.3, 0.4) is 0 Å². The van der Waals surface area contributed by atoms with Gasteiger partial charge >= 0.3 is 0 Å². The summed E-state index contributed by atoms with van der Waals surface area (Å²) >= 11 is 3.44. The molecule has 1 amide bonds. The van der Waals surface area contributed by atoms with Gasteiger partial charge in [0.05, 0.1) is 5.69 Å². The largest absolute Gasteiger partial charge is 0.397 e. The summed E-state index contributed by atoms with van der Waals surface area (Å²) in [6.07, 6.45) is 1.81. The third-order valence-corrected chi connectivity index (χ3v) is 3.79. The van der Waals surface area contributed by atoms with Crippen molar-refractivity contribution in [2.75, 3.05) is 12.8 Å². The number of amides is 1. The van der Waals surface area contributed by atoms with E-state index in [4.69, 9.17) is 5.73 Å². The molecule has 0 radical (unpaired) electrons. The second-order valence-electron chi connectivity index (χ2n) is 5.45. The summed E-state index contributed by atoms with van der Waals surface area (Å²) in [7, 11) is 1.80. The van der Waals surface area contributed by atoms with E-state index in [1.165, 1.54) is 0 Å². The molecule has 1 aromatic carbocycles.